The van der Waals surface area contributed by atoms with Gasteiger partial charge < -0.3 is 0 Å². The van der Waals surface area contributed by atoms with Crippen LogP contribution in [-0.4, -0.2) is 16.2 Å². The maximum atomic E-state index is 4.54. The summed E-state index contributed by atoms with van der Waals surface area (Å²) in [5, 5.41) is 5.59. The molecular formula is C22H25BrN4S. The summed E-state index contributed by atoms with van der Waals surface area (Å²) in [6, 6.07) is 8.06. The molecule has 0 bridgehead atoms. The van der Waals surface area contributed by atoms with E-state index in [1.165, 1.54) is 23.3 Å². The van der Waals surface area contributed by atoms with E-state index in [0.29, 0.717) is 11.3 Å². The van der Waals surface area contributed by atoms with Crippen molar-refractivity contribution < 1.29 is 0 Å². The van der Waals surface area contributed by atoms with Crippen LogP contribution >= 0.6 is 27.3 Å². The van der Waals surface area contributed by atoms with Gasteiger partial charge in [0, 0.05) is 9.35 Å². The van der Waals surface area contributed by atoms with Crippen LogP contribution in [0, 0.1) is 11.3 Å². The van der Waals surface area contributed by atoms with E-state index in [1.54, 1.807) is 6.33 Å². The molecule has 1 aromatic carbocycles. The summed E-state index contributed by atoms with van der Waals surface area (Å²) in [7, 11) is 0. The van der Waals surface area contributed by atoms with Crippen LogP contribution in [0.15, 0.2) is 40.2 Å². The maximum Gasteiger partial charge on any atom is 0.158 e. The van der Waals surface area contributed by atoms with Gasteiger partial charge in [-0.2, -0.15) is 5.10 Å². The molecule has 0 radical (unpaired) electrons. The minimum Gasteiger partial charge on any atom is -0.261 e. The van der Waals surface area contributed by atoms with Gasteiger partial charge in [-0.05, 0) is 53.9 Å². The van der Waals surface area contributed by atoms with Crippen LogP contribution in [0.1, 0.15) is 49.6 Å². The Kier molecular flexibility index (Phi) is 5.52. The van der Waals surface area contributed by atoms with Crippen molar-refractivity contribution in [2.45, 2.75) is 46.5 Å². The SMILES string of the molecule is CCC(C)(C)C1CCc2sc3ncnc(N/N=C\c4cccc(Br)c4)c3c2C1. The van der Waals surface area contributed by atoms with Crippen molar-refractivity contribution in [3.63, 3.8) is 0 Å². The number of benzene rings is 1. The number of hydrogen-bond acceptors (Lipinski definition) is 5. The van der Waals surface area contributed by atoms with E-state index in [1.807, 2.05) is 41.8 Å². The molecule has 1 N–H and O–H groups in total. The maximum absolute atomic E-state index is 4.54. The molecule has 0 saturated heterocycles. The smallest absolute Gasteiger partial charge is 0.158 e. The third-order valence-electron chi connectivity index (χ3n) is 6.09. The topological polar surface area (TPSA) is 50.2 Å². The minimum atomic E-state index is 0.355. The van der Waals surface area contributed by atoms with Crippen molar-refractivity contribution in [2.75, 3.05) is 5.43 Å². The molecule has 0 spiro atoms. The van der Waals surface area contributed by atoms with Gasteiger partial charge in [0.1, 0.15) is 11.2 Å². The second-order valence-corrected chi connectivity index (χ2v) is 10.1. The number of fused-ring (bicyclic) bond motifs is 3. The van der Waals surface area contributed by atoms with Gasteiger partial charge >= 0.3 is 0 Å². The number of rotatable bonds is 5. The predicted molar refractivity (Wildman–Crippen MR) is 122 cm³/mol. The van der Waals surface area contributed by atoms with E-state index in [0.717, 1.165) is 38.9 Å². The van der Waals surface area contributed by atoms with Crippen molar-refractivity contribution in [3.05, 3.63) is 51.1 Å². The molecule has 0 amide bonds. The third kappa shape index (κ3) is 3.85. The van der Waals surface area contributed by atoms with E-state index in [9.17, 15) is 0 Å². The van der Waals surface area contributed by atoms with Gasteiger partial charge in [0.15, 0.2) is 5.82 Å². The number of aryl methyl sites for hydroxylation is 1. The second-order valence-electron chi connectivity index (χ2n) is 8.11. The lowest BCUT2D eigenvalue weighted by atomic mass is 9.69. The van der Waals surface area contributed by atoms with Crippen molar-refractivity contribution in [1.82, 2.24) is 9.97 Å². The van der Waals surface area contributed by atoms with Gasteiger partial charge in [-0.1, -0.05) is 55.3 Å². The first-order chi connectivity index (χ1) is 13.5. The van der Waals surface area contributed by atoms with Gasteiger partial charge in [-0.15, -0.1) is 11.3 Å². The predicted octanol–water partition coefficient (Wildman–Crippen LogP) is 6.44. The number of anilines is 1. The molecular weight excluding hydrogens is 432 g/mol. The number of thiophene rings is 1. The Bertz CT molecular complexity index is 1020. The normalized spacial score (nSPS) is 17.2. The van der Waals surface area contributed by atoms with E-state index in [-0.39, 0.29) is 0 Å². The summed E-state index contributed by atoms with van der Waals surface area (Å²) in [5.74, 6) is 1.50. The van der Waals surface area contributed by atoms with Crippen LogP contribution in [-0.2, 0) is 12.8 Å². The quantitative estimate of drug-likeness (QED) is 0.354. The summed E-state index contributed by atoms with van der Waals surface area (Å²) in [6.45, 7) is 7.10. The molecule has 2 aromatic heterocycles. The van der Waals surface area contributed by atoms with Crippen LogP contribution in [0.2, 0.25) is 0 Å². The number of aromatic nitrogens is 2. The molecule has 1 unspecified atom stereocenters. The number of halogens is 1. The molecule has 2 heterocycles. The van der Waals surface area contributed by atoms with Crippen LogP contribution < -0.4 is 5.43 Å². The molecule has 4 nitrogen and oxygen atoms in total. The second kappa shape index (κ2) is 7.91. The summed E-state index contributed by atoms with van der Waals surface area (Å²) in [4.78, 5) is 11.6. The van der Waals surface area contributed by atoms with Crippen LogP contribution in [0.25, 0.3) is 10.2 Å². The first-order valence-corrected chi connectivity index (χ1v) is 11.4. The fourth-order valence-corrected chi connectivity index (χ4v) is 5.50. The minimum absolute atomic E-state index is 0.355. The third-order valence-corrected chi connectivity index (χ3v) is 7.78. The Balaban J connectivity index is 1.64. The van der Waals surface area contributed by atoms with E-state index < -0.39 is 0 Å². The number of nitrogens with zero attached hydrogens (tertiary/aromatic N) is 3. The first-order valence-electron chi connectivity index (χ1n) is 9.78. The Morgan fingerprint density at radius 2 is 2.21 bits per heavy atom. The van der Waals surface area contributed by atoms with Crippen molar-refractivity contribution in [3.8, 4) is 0 Å². The van der Waals surface area contributed by atoms with Crippen LogP contribution in [0.4, 0.5) is 5.82 Å². The van der Waals surface area contributed by atoms with E-state index in [4.69, 9.17) is 0 Å². The molecule has 146 valence electrons. The molecule has 1 aliphatic rings. The molecule has 1 aliphatic carbocycles. The van der Waals surface area contributed by atoms with Crippen molar-refractivity contribution >= 4 is 49.5 Å². The molecule has 4 rings (SSSR count). The van der Waals surface area contributed by atoms with Gasteiger partial charge in [-0.3, -0.25) is 5.43 Å². The van der Waals surface area contributed by atoms with Crippen LogP contribution in [0.3, 0.4) is 0 Å². The summed E-state index contributed by atoms with van der Waals surface area (Å²) in [6.07, 6.45) is 8.17. The highest BCUT2D eigenvalue weighted by Gasteiger charge is 2.33. The van der Waals surface area contributed by atoms with Crippen LogP contribution in [0.5, 0.6) is 0 Å². The van der Waals surface area contributed by atoms with E-state index >= 15 is 0 Å². The van der Waals surface area contributed by atoms with E-state index in [2.05, 4.69) is 57.2 Å². The molecule has 6 heteroatoms. The van der Waals surface area contributed by atoms with Gasteiger partial charge in [-0.25, -0.2) is 9.97 Å². The monoisotopic (exact) mass is 456 g/mol. The molecule has 0 aliphatic heterocycles. The highest BCUT2D eigenvalue weighted by atomic mass is 79.9. The zero-order chi connectivity index (χ0) is 19.7. The average molecular weight is 457 g/mol. The lowest BCUT2D eigenvalue weighted by Gasteiger charge is -2.36. The zero-order valence-corrected chi connectivity index (χ0v) is 18.9. The summed E-state index contributed by atoms with van der Waals surface area (Å²) in [5.41, 5.74) is 5.99. The fourth-order valence-electron chi connectivity index (χ4n) is 3.90. The Morgan fingerprint density at radius 3 is 3.00 bits per heavy atom. The summed E-state index contributed by atoms with van der Waals surface area (Å²) >= 11 is 5.31. The highest BCUT2D eigenvalue weighted by Crippen LogP contribution is 2.45. The van der Waals surface area contributed by atoms with Gasteiger partial charge in [0.2, 0.25) is 0 Å². The largest absolute Gasteiger partial charge is 0.261 e. The zero-order valence-electron chi connectivity index (χ0n) is 16.5. The van der Waals surface area contributed by atoms with Gasteiger partial charge in [0.05, 0.1) is 11.6 Å². The highest BCUT2D eigenvalue weighted by molar-refractivity contribution is 9.10. The molecule has 28 heavy (non-hydrogen) atoms. The molecule has 1 atom stereocenters. The Labute approximate surface area is 178 Å². The summed E-state index contributed by atoms with van der Waals surface area (Å²) < 4.78 is 1.04. The Morgan fingerprint density at radius 1 is 1.36 bits per heavy atom. The number of hydrazone groups is 1. The first kappa shape index (κ1) is 19.5. The van der Waals surface area contributed by atoms with Crippen molar-refractivity contribution in [1.29, 1.82) is 0 Å². The van der Waals surface area contributed by atoms with Crippen molar-refractivity contribution in [2.24, 2.45) is 16.4 Å². The lowest BCUT2D eigenvalue weighted by molar-refractivity contribution is 0.184. The standard InChI is InChI=1S/C22H25BrN4S/c1-4-22(2,3)15-8-9-18-17(11-15)19-20(24-13-25-21(19)28-18)27-26-12-14-6-5-7-16(23)10-14/h5-7,10,12-13,15H,4,8-9,11H2,1-3H3,(H,24,25,27)/b26-12-. The lowest BCUT2D eigenvalue weighted by Crippen LogP contribution is -2.28. The number of hydrogen-bond donors (Lipinski definition) is 1. The van der Waals surface area contributed by atoms with Gasteiger partial charge in [0.25, 0.3) is 0 Å². The number of nitrogens with one attached hydrogen (secondary N) is 1. The fraction of sp³-hybridized carbons (Fsp3) is 0.409. The average Bonchev–Trinajstić information content (AvgIpc) is 3.06. The molecule has 0 saturated carbocycles. The molecule has 3 aromatic rings. The molecule has 0 fully saturated rings. The Hall–Kier alpha value is -1.79.